The Morgan fingerprint density at radius 1 is 0.667 bits per heavy atom. The lowest BCUT2D eigenvalue weighted by Gasteiger charge is -2.25. The van der Waals surface area contributed by atoms with Crippen molar-refractivity contribution in [2.45, 2.75) is 175 Å². The summed E-state index contributed by atoms with van der Waals surface area (Å²) in [6.45, 7) is 8.15. The zero-order valence-corrected chi connectivity index (χ0v) is 30.3. The molecule has 9 nitrogen and oxygen atoms in total. The van der Waals surface area contributed by atoms with Crippen LogP contribution in [0.2, 0.25) is 0 Å². The van der Waals surface area contributed by atoms with E-state index >= 15 is 0 Å². The molecule has 0 aliphatic carbocycles. The fourth-order valence-corrected chi connectivity index (χ4v) is 5.83. The second-order valence-electron chi connectivity index (χ2n) is 13.2. The standard InChI is InChI=1S/C35H70NO8P/c1-5-32(4)24-20-16-12-9-10-14-18-22-26-35(38)44-33(30-43-45(39,40)42-28-27-36)29-41-34(37)25-21-17-13-8-6-7-11-15-19-23-31(2)3/h31-33H,5-30,36H2,1-4H3,(H,39,40)/p-1/t32?,33-/m0/s1. The largest absolute Gasteiger partial charge is 0.756 e. The van der Waals surface area contributed by atoms with Crippen molar-refractivity contribution >= 4 is 19.8 Å². The first-order valence-electron chi connectivity index (χ1n) is 18.2. The monoisotopic (exact) mass is 662 g/mol. The summed E-state index contributed by atoms with van der Waals surface area (Å²) in [6.07, 6.45) is 22.7. The highest BCUT2D eigenvalue weighted by atomic mass is 31.2. The molecule has 3 atom stereocenters. The second kappa shape index (κ2) is 30.4. The molecule has 0 amide bonds. The van der Waals surface area contributed by atoms with E-state index in [2.05, 4.69) is 32.2 Å². The van der Waals surface area contributed by atoms with E-state index < -0.39 is 32.5 Å². The Balaban J connectivity index is 4.25. The molecule has 2 unspecified atom stereocenters. The van der Waals surface area contributed by atoms with Gasteiger partial charge in [0.25, 0.3) is 7.82 Å². The van der Waals surface area contributed by atoms with Crippen molar-refractivity contribution in [2.75, 3.05) is 26.4 Å². The van der Waals surface area contributed by atoms with Crippen LogP contribution in [0.1, 0.15) is 169 Å². The smallest absolute Gasteiger partial charge is 0.306 e. The zero-order chi connectivity index (χ0) is 33.6. The Morgan fingerprint density at radius 3 is 1.62 bits per heavy atom. The third kappa shape index (κ3) is 31.4. The van der Waals surface area contributed by atoms with E-state index in [9.17, 15) is 19.0 Å². The molecule has 2 N–H and O–H groups in total. The highest BCUT2D eigenvalue weighted by Crippen LogP contribution is 2.38. The van der Waals surface area contributed by atoms with Gasteiger partial charge in [0.2, 0.25) is 0 Å². The van der Waals surface area contributed by atoms with Crippen LogP contribution >= 0.6 is 7.82 Å². The van der Waals surface area contributed by atoms with Crippen LogP contribution in [-0.2, 0) is 32.7 Å². The number of esters is 2. The van der Waals surface area contributed by atoms with Crippen molar-refractivity contribution in [3.05, 3.63) is 0 Å². The summed E-state index contributed by atoms with van der Waals surface area (Å²) in [7, 11) is -4.61. The molecule has 0 aliphatic rings. The Hall–Kier alpha value is -0.990. The van der Waals surface area contributed by atoms with Gasteiger partial charge in [0, 0.05) is 19.4 Å². The Bertz CT molecular complexity index is 751. The van der Waals surface area contributed by atoms with Crippen molar-refractivity contribution < 1.29 is 37.6 Å². The van der Waals surface area contributed by atoms with E-state index in [-0.39, 0.29) is 32.6 Å². The van der Waals surface area contributed by atoms with Crippen LogP contribution in [0, 0.1) is 11.8 Å². The number of rotatable bonds is 33. The average Bonchev–Trinajstić information content (AvgIpc) is 3.00. The SMILES string of the molecule is CCC(C)CCCCCCCCCCC(=O)O[C@@H](COC(=O)CCCCCCCCCCCC(C)C)COP(=O)([O-])OCCN. The van der Waals surface area contributed by atoms with Gasteiger partial charge < -0.3 is 29.1 Å². The van der Waals surface area contributed by atoms with Crippen molar-refractivity contribution in [2.24, 2.45) is 17.6 Å². The zero-order valence-electron chi connectivity index (χ0n) is 29.4. The van der Waals surface area contributed by atoms with Gasteiger partial charge in [-0.1, -0.05) is 143 Å². The molecular formula is C35H69NO8P-. The molecule has 0 rings (SSSR count). The molecule has 10 heteroatoms. The van der Waals surface area contributed by atoms with Crippen molar-refractivity contribution in [1.29, 1.82) is 0 Å². The van der Waals surface area contributed by atoms with Gasteiger partial charge in [-0.3, -0.25) is 14.2 Å². The fourth-order valence-electron chi connectivity index (χ4n) is 5.08. The Labute approximate surface area is 276 Å². The summed E-state index contributed by atoms with van der Waals surface area (Å²) < 4.78 is 32.2. The first-order valence-corrected chi connectivity index (χ1v) is 19.7. The molecule has 0 aromatic carbocycles. The van der Waals surface area contributed by atoms with Crippen LogP contribution in [0.4, 0.5) is 0 Å². The minimum Gasteiger partial charge on any atom is -0.756 e. The lowest BCUT2D eigenvalue weighted by atomic mass is 9.99. The minimum atomic E-state index is -4.61. The van der Waals surface area contributed by atoms with Crippen LogP contribution in [0.25, 0.3) is 0 Å². The molecule has 0 radical (unpaired) electrons. The molecule has 268 valence electrons. The van der Waals surface area contributed by atoms with E-state index in [4.69, 9.17) is 19.7 Å². The molecule has 0 saturated heterocycles. The number of phosphoric ester groups is 1. The van der Waals surface area contributed by atoms with Gasteiger partial charge >= 0.3 is 11.9 Å². The van der Waals surface area contributed by atoms with E-state index in [1.54, 1.807) is 0 Å². The lowest BCUT2D eigenvalue weighted by molar-refractivity contribution is -0.228. The Kier molecular flexibility index (Phi) is 29.7. The van der Waals surface area contributed by atoms with Gasteiger partial charge in [0.1, 0.15) is 6.61 Å². The molecule has 0 fully saturated rings. The van der Waals surface area contributed by atoms with E-state index in [1.807, 2.05) is 0 Å². The van der Waals surface area contributed by atoms with Gasteiger partial charge in [-0.2, -0.15) is 0 Å². The average molecular weight is 663 g/mol. The van der Waals surface area contributed by atoms with Gasteiger partial charge in [-0.15, -0.1) is 0 Å². The molecule has 0 spiro atoms. The number of nitrogens with two attached hydrogens (primary N) is 1. The maximum absolute atomic E-state index is 12.5. The highest BCUT2D eigenvalue weighted by molar-refractivity contribution is 7.45. The topological polar surface area (TPSA) is 137 Å². The predicted molar refractivity (Wildman–Crippen MR) is 181 cm³/mol. The molecule has 0 aliphatic heterocycles. The third-order valence-electron chi connectivity index (χ3n) is 8.20. The summed E-state index contributed by atoms with van der Waals surface area (Å²) in [5.41, 5.74) is 5.29. The summed E-state index contributed by atoms with van der Waals surface area (Å²) >= 11 is 0. The fraction of sp³-hybridized carbons (Fsp3) is 0.943. The summed E-state index contributed by atoms with van der Waals surface area (Å²) in [5, 5.41) is 0. The predicted octanol–water partition coefficient (Wildman–Crippen LogP) is 8.80. The van der Waals surface area contributed by atoms with E-state index in [0.29, 0.717) is 6.42 Å². The molecule has 0 aromatic heterocycles. The number of carbonyl (C=O) groups excluding carboxylic acids is 2. The summed E-state index contributed by atoms with van der Waals surface area (Å²) in [6, 6.07) is 0. The normalized spacial score (nSPS) is 14.3. The van der Waals surface area contributed by atoms with Gasteiger partial charge in [-0.05, 0) is 24.7 Å². The van der Waals surface area contributed by atoms with Crippen molar-refractivity contribution in [3.63, 3.8) is 0 Å². The number of hydrogen-bond acceptors (Lipinski definition) is 9. The minimum absolute atomic E-state index is 0.0162. The first-order chi connectivity index (χ1) is 21.6. The van der Waals surface area contributed by atoms with Crippen LogP contribution in [-0.4, -0.2) is 44.4 Å². The van der Waals surface area contributed by atoms with Gasteiger partial charge in [0.15, 0.2) is 6.10 Å². The maximum atomic E-state index is 12.5. The number of carbonyl (C=O) groups is 2. The maximum Gasteiger partial charge on any atom is 0.306 e. The van der Waals surface area contributed by atoms with Crippen LogP contribution in [0.3, 0.4) is 0 Å². The van der Waals surface area contributed by atoms with E-state index in [1.165, 1.54) is 83.5 Å². The molecular weight excluding hydrogens is 593 g/mol. The summed E-state index contributed by atoms with van der Waals surface area (Å²) in [5.74, 6) is 0.747. The number of phosphoric acid groups is 1. The van der Waals surface area contributed by atoms with Crippen molar-refractivity contribution in [1.82, 2.24) is 0 Å². The second-order valence-corrected chi connectivity index (χ2v) is 14.6. The number of unbranched alkanes of at least 4 members (excludes halogenated alkanes) is 15. The van der Waals surface area contributed by atoms with Crippen LogP contribution < -0.4 is 10.6 Å². The molecule has 0 heterocycles. The number of hydrogen-bond donors (Lipinski definition) is 1. The van der Waals surface area contributed by atoms with E-state index in [0.717, 1.165) is 50.4 Å². The third-order valence-corrected chi connectivity index (χ3v) is 9.17. The number of ether oxygens (including phenoxy) is 2. The van der Waals surface area contributed by atoms with Gasteiger partial charge in [0.05, 0.1) is 13.2 Å². The Morgan fingerprint density at radius 2 is 1.13 bits per heavy atom. The van der Waals surface area contributed by atoms with Crippen molar-refractivity contribution in [3.8, 4) is 0 Å². The van der Waals surface area contributed by atoms with Crippen LogP contribution in [0.15, 0.2) is 0 Å². The summed E-state index contributed by atoms with van der Waals surface area (Å²) in [4.78, 5) is 36.7. The first kappa shape index (κ1) is 44.0. The quantitative estimate of drug-likeness (QED) is 0.0415. The lowest BCUT2D eigenvalue weighted by Crippen LogP contribution is -2.30. The molecule has 0 aromatic rings. The molecule has 45 heavy (non-hydrogen) atoms. The molecule has 0 saturated carbocycles. The van der Waals surface area contributed by atoms with Crippen LogP contribution in [0.5, 0.6) is 0 Å². The molecule has 0 bridgehead atoms. The highest BCUT2D eigenvalue weighted by Gasteiger charge is 2.21. The van der Waals surface area contributed by atoms with Gasteiger partial charge in [-0.25, -0.2) is 0 Å².